The first kappa shape index (κ1) is 21.9. The molecule has 0 bridgehead atoms. The van der Waals surface area contributed by atoms with Crippen molar-refractivity contribution in [3.05, 3.63) is 45.6 Å². The Kier molecular flexibility index (Phi) is 8.84. The zero-order chi connectivity index (χ0) is 17.6. The standard InChI is InChI=1S/C15H18ClN3O3S2.ClH/c16-14-6-4-12(23-14)5-7-15(20)19-11-2-1-3-13(10-11)24(21,22)18-9-8-17;/h1-4,6,10,18H,5,7-9,17H2,(H,19,20);1H. The van der Waals surface area contributed by atoms with Crippen molar-refractivity contribution in [2.75, 3.05) is 18.4 Å². The van der Waals surface area contributed by atoms with Crippen LogP contribution in [0, 0.1) is 0 Å². The number of hydrogen-bond acceptors (Lipinski definition) is 5. The zero-order valence-corrected chi connectivity index (χ0v) is 16.4. The number of nitrogens with one attached hydrogen (secondary N) is 2. The Hall–Kier alpha value is -1.16. The lowest BCUT2D eigenvalue weighted by molar-refractivity contribution is -0.116. The van der Waals surface area contributed by atoms with Crippen LogP contribution >= 0.6 is 35.3 Å². The molecule has 0 atom stereocenters. The quantitative estimate of drug-likeness (QED) is 0.606. The lowest BCUT2D eigenvalue weighted by atomic mass is 10.2. The Bertz CT molecular complexity index is 810. The number of aryl methyl sites for hydroxylation is 1. The molecule has 4 N–H and O–H groups in total. The van der Waals surface area contributed by atoms with Crippen molar-refractivity contribution in [1.29, 1.82) is 0 Å². The van der Waals surface area contributed by atoms with E-state index in [-0.39, 0.29) is 36.3 Å². The summed E-state index contributed by atoms with van der Waals surface area (Å²) in [6.07, 6.45) is 0.874. The number of halogens is 2. The number of sulfonamides is 1. The molecule has 0 radical (unpaired) electrons. The summed E-state index contributed by atoms with van der Waals surface area (Å²) in [4.78, 5) is 13.1. The molecule has 0 fully saturated rings. The highest BCUT2D eigenvalue weighted by atomic mass is 35.5. The molecule has 25 heavy (non-hydrogen) atoms. The van der Waals surface area contributed by atoms with Crippen LogP contribution in [0.4, 0.5) is 5.69 Å². The van der Waals surface area contributed by atoms with Crippen LogP contribution < -0.4 is 15.8 Å². The van der Waals surface area contributed by atoms with E-state index in [1.165, 1.54) is 23.5 Å². The van der Waals surface area contributed by atoms with Crippen LogP contribution in [0.2, 0.25) is 4.34 Å². The van der Waals surface area contributed by atoms with Crippen LogP contribution in [0.1, 0.15) is 11.3 Å². The monoisotopic (exact) mass is 423 g/mol. The largest absolute Gasteiger partial charge is 0.329 e. The molecule has 2 aromatic rings. The van der Waals surface area contributed by atoms with Crippen molar-refractivity contribution in [2.24, 2.45) is 5.73 Å². The summed E-state index contributed by atoms with van der Waals surface area (Å²) in [5, 5.41) is 2.70. The van der Waals surface area contributed by atoms with Crippen molar-refractivity contribution in [3.63, 3.8) is 0 Å². The number of benzene rings is 1. The first-order chi connectivity index (χ1) is 11.4. The van der Waals surface area contributed by atoms with Gasteiger partial charge in [-0.15, -0.1) is 23.7 Å². The second kappa shape index (κ2) is 10.1. The van der Waals surface area contributed by atoms with Gasteiger partial charge >= 0.3 is 0 Å². The first-order valence-electron chi connectivity index (χ1n) is 7.24. The summed E-state index contributed by atoms with van der Waals surface area (Å²) in [6, 6.07) is 9.77. The normalized spacial score (nSPS) is 11.0. The van der Waals surface area contributed by atoms with Crippen LogP contribution in [0.5, 0.6) is 0 Å². The summed E-state index contributed by atoms with van der Waals surface area (Å²) in [5.74, 6) is -0.191. The molecule has 0 spiro atoms. The van der Waals surface area contributed by atoms with Crippen molar-refractivity contribution >= 4 is 57.0 Å². The fraction of sp³-hybridized carbons (Fsp3) is 0.267. The third-order valence-corrected chi connectivity index (χ3v) is 5.84. The maximum absolute atomic E-state index is 12.1. The highest BCUT2D eigenvalue weighted by Gasteiger charge is 2.14. The van der Waals surface area contributed by atoms with E-state index in [1.54, 1.807) is 18.2 Å². The molecular weight excluding hydrogens is 405 g/mol. The van der Waals surface area contributed by atoms with Crippen molar-refractivity contribution in [3.8, 4) is 0 Å². The summed E-state index contributed by atoms with van der Waals surface area (Å²) >= 11 is 7.29. The fourth-order valence-corrected chi connectivity index (χ4v) is 4.14. The number of hydrogen-bond donors (Lipinski definition) is 3. The van der Waals surface area contributed by atoms with Gasteiger partial charge in [-0.3, -0.25) is 4.79 Å². The van der Waals surface area contributed by atoms with Gasteiger partial charge in [-0.25, -0.2) is 13.1 Å². The minimum atomic E-state index is -3.63. The number of thiophene rings is 1. The molecule has 0 aliphatic heterocycles. The predicted octanol–water partition coefficient (Wildman–Crippen LogP) is 2.63. The molecule has 0 saturated heterocycles. The van der Waals surface area contributed by atoms with E-state index in [2.05, 4.69) is 10.0 Å². The van der Waals surface area contributed by atoms with E-state index in [9.17, 15) is 13.2 Å². The lowest BCUT2D eigenvalue weighted by Crippen LogP contribution is -2.29. The minimum absolute atomic E-state index is 0. The molecule has 0 unspecified atom stereocenters. The number of nitrogens with two attached hydrogens (primary N) is 1. The Balaban J connectivity index is 0.00000312. The van der Waals surface area contributed by atoms with Gasteiger partial charge in [0.25, 0.3) is 0 Å². The Morgan fingerprint density at radius 3 is 2.64 bits per heavy atom. The molecule has 138 valence electrons. The number of carbonyl (C=O) groups is 1. The topological polar surface area (TPSA) is 101 Å². The maximum atomic E-state index is 12.1. The number of amides is 1. The van der Waals surface area contributed by atoms with Gasteiger partial charge in [-0.05, 0) is 36.8 Å². The van der Waals surface area contributed by atoms with Crippen LogP contribution in [0.3, 0.4) is 0 Å². The molecule has 0 aliphatic carbocycles. The lowest BCUT2D eigenvalue weighted by Gasteiger charge is -2.09. The van der Waals surface area contributed by atoms with Gasteiger partial charge in [-0.1, -0.05) is 17.7 Å². The average molecular weight is 424 g/mol. The van der Waals surface area contributed by atoms with E-state index in [0.29, 0.717) is 22.9 Å². The molecule has 1 heterocycles. The van der Waals surface area contributed by atoms with E-state index in [0.717, 1.165) is 4.88 Å². The number of anilines is 1. The third kappa shape index (κ3) is 6.93. The summed E-state index contributed by atoms with van der Waals surface area (Å²) in [6.45, 7) is 0.366. The Morgan fingerprint density at radius 2 is 2.00 bits per heavy atom. The Morgan fingerprint density at radius 1 is 1.24 bits per heavy atom. The van der Waals surface area contributed by atoms with Crippen LogP contribution in [0.15, 0.2) is 41.3 Å². The molecule has 0 saturated carbocycles. The van der Waals surface area contributed by atoms with Gasteiger partial charge in [0, 0.05) is 30.1 Å². The van der Waals surface area contributed by atoms with E-state index in [4.69, 9.17) is 17.3 Å². The van der Waals surface area contributed by atoms with E-state index < -0.39 is 10.0 Å². The molecule has 1 aromatic heterocycles. The maximum Gasteiger partial charge on any atom is 0.240 e. The van der Waals surface area contributed by atoms with Gasteiger partial charge in [-0.2, -0.15) is 0 Å². The molecule has 10 heteroatoms. The second-order valence-electron chi connectivity index (χ2n) is 4.97. The van der Waals surface area contributed by atoms with Crippen molar-refractivity contribution < 1.29 is 13.2 Å². The fourth-order valence-electron chi connectivity index (χ4n) is 1.96. The Labute approximate surface area is 162 Å². The third-order valence-electron chi connectivity index (χ3n) is 3.09. The summed E-state index contributed by atoms with van der Waals surface area (Å²) in [7, 11) is -3.63. The summed E-state index contributed by atoms with van der Waals surface area (Å²) in [5.41, 5.74) is 5.73. The van der Waals surface area contributed by atoms with Gasteiger partial charge < -0.3 is 11.1 Å². The van der Waals surface area contributed by atoms with Gasteiger partial charge in [0.1, 0.15) is 0 Å². The summed E-state index contributed by atoms with van der Waals surface area (Å²) < 4.78 is 27.2. The number of rotatable bonds is 8. The molecule has 6 nitrogen and oxygen atoms in total. The van der Waals surface area contributed by atoms with Crippen LogP contribution in [-0.2, 0) is 21.2 Å². The smallest absolute Gasteiger partial charge is 0.240 e. The molecule has 2 rings (SSSR count). The molecular formula is C15H19Cl2N3O3S2. The van der Waals surface area contributed by atoms with Crippen molar-refractivity contribution in [2.45, 2.75) is 17.7 Å². The molecule has 1 aromatic carbocycles. The van der Waals surface area contributed by atoms with Gasteiger partial charge in [0.05, 0.1) is 9.23 Å². The SMILES string of the molecule is Cl.NCCNS(=O)(=O)c1cccc(NC(=O)CCc2ccc(Cl)s2)c1. The van der Waals surface area contributed by atoms with Crippen LogP contribution in [-0.4, -0.2) is 27.4 Å². The predicted molar refractivity (Wildman–Crippen MR) is 104 cm³/mol. The first-order valence-corrected chi connectivity index (χ1v) is 9.92. The zero-order valence-electron chi connectivity index (χ0n) is 13.2. The average Bonchev–Trinajstić information content (AvgIpc) is 2.97. The number of carbonyl (C=O) groups excluding carboxylic acids is 1. The van der Waals surface area contributed by atoms with Crippen LogP contribution in [0.25, 0.3) is 0 Å². The van der Waals surface area contributed by atoms with Gasteiger partial charge in [0.2, 0.25) is 15.9 Å². The highest BCUT2D eigenvalue weighted by Crippen LogP contribution is 2.22. The van der Waals surface area contributed by atoms with Crippen molar-refractivity contribution in [1.82, 2.24) is 4.72 Å². The van der Waals surface area contributed by atoms with Gasteiger partial charge in [0.15, 0.2) is 0 Å². The minimum Gasteiger partial charge on any atom is -0.329 e. The van der Waals surface area contributed by atoms with E-state index >= 15 is 0 Å². The molecule has 1 amide bonds. The highest BCUT2D eigenvalue weighted by molar-refractivity contribution is 7.89. The molecule has 0 aliphatic rings. The van der Waals surface area contributed by atoms with E-state index in [1.807, 2.05) is 6.07 Å². The second-order valence-corrected chi connectivity index (χ2v) is 8.53.